The van der Waals surface area contributed by atoms with E-state index in [1.54, 1.807) is 6.92 Å². The topological polar surface area (TPSA) is 70.2 Å². The number of nitrogens with one attached hydrogen (secondary N) is 2. The van der Waals surface area contributed by atoms with E-state index >= 15 is 0 Å². The standard InChI is InChI=1S/C12H19N5O/c1-8-6-11(16-12(13-3)14-8)17-5-4-10(7-17)15-9(2)18/h6,10H,4-5,7H2,1-3H3,(H,15,18)(H,13,14,16). The molecular weight excluding hydrogens is 230 g/mol. The predicted molar refractivity (Wildman–Crippen MR) is 70.8 cm³/mol. The Morgan fingerprint density at radius 2 is 2.28 bits per heavy atom. The lowest BCUT2D eigenvalue weighted by atomic mass is 10.2. The maximum absolute atomic E-state index is 11.0. The minimum absolute atomic E-state index is 0.0247. The number of nitrogens with zero attached hydrogens (tertiary/aromatic N) is 3. The zero-order chi connectivity index (χ0) is 13.1. The van der Waals surface area contributed by atoms with Crippen LogP contribution in [-0.4, -0.2) is 42.1 Å². The molecule has 0 bridgehead atoms. The smallest absolute Gasteiger partial charge is 0.224 e. The summed E-state index contributed by atoms with van der Waals surface area (Å²) in [6.45, 7) is 5.22. The Labute approximate surface area is 107 Å². The first kappa shape index (κ1) is 12.6. The lowest BCUT2D eigenvalue weighted by molar-refractivity contribution is -0.119. The highest BCUT2D eigenvalue weighted by atomic mass is 16.1. The summed E-state index contributed by atoms with van der Waals surface area (Å²) < 4.78 is 0. The Bertz CT molecular complexity index is 448. The SMILES string of the molecule is CNc1nc(C)cc(N2CCC(NC(C)=O)C2)n1. The minimum atomic E-state index is 0.0247. The van der Waals surface area contributed by atoms with Crippen LogP contribution in [0.3, 0.4) is 0 Å². The molecule has 1 aliphatic rings. The summed E-state index contributed by atoms with van der Waals surface area (Å²) in [6.07, 6.45) is 0.956. The summed E-state index contributed by atoms with van der Waals surface area (Å²) in [6, 6.07) is 2.19. The molecule has 2 rings (SSSR count). The van der Waals surface area contributed by atoms with Gasteiger partial charge in [0.2, 0.25) is 11.9 Å². The summed E-state index contributed by atoms with van der Waals surface area (Å²) in [5.74, 6) is 1.57. The number of anilines is 2. The van der Waals surface area contributed by atoms with Gasteiger partial charge in [-0.1, -0.05) is 0 Å². The molecule has 6 nitrogen and oxygen atoms in total. The molecule has 0 aromatic carbocycles. The van der Waals surface area contributed by atoms with Crippen LogP contribution in [0.25, 0.3) is 0 Å². The highest BCUT2D eigenvalue weighted by molar-refractivity contribution is 5.73. The summed E-state index contributed by atoms with van der Waals surface area (Å²) >= 11 is 0. The number of hydrogen-bond donors (Lipinski definition) is 2. The van der Waals surface area contributed by atoms with Gasteiger partial charge in [0.05, 0.1) is 0 Å². The van der Waals surface area contributed by atoms with Crippen LogP contribution in [0.1, 0.15) is 19.0 Å². The first-order valence-corrected chi connectivity index (χ1v) is 6.14. The van der Waals surface area contributed by atoms with Gasteiger partial charge in [-0.15, -0.1) is 0 Å². The highest BCUT2D eigenvalue weighted by Gasteiger charge is 2.24. The maximum Gasteiger partial charge on any atom is 0.224 e. The normalized spacial score (nSPS) is 18.8. The van der Waals surface area contributed by atoms with Gasteiger partial charge < -0.3 is 15.5 Å². The van der Waals surface area contributed by atoms with Crippen LogP contribution in [0, 0.1) is 6.92 Å². The molecule has 0 radical (unpaired) electrons. The third-order valence-electron chi connectivity index (χ3n) is 2.98. The fourth-order valence-electron chi connectivity index (χ4n) is 2.20. The summed E-state index contributed by atoms with van der Waals surface area (Å²) in [4.78, 5) is 21.9. The molecule has 18 heavy (non-hydrogen) atoms. The van der Waals surface area contributed by atoms with Crippen molar-refractivity contribution in [2.45, 2.75) is 26.3 Å². The summed E-state index contributed by atoms with van der Waals surface area (Å²) in [7, 11) is 1.81. The Morgan fingerprint density at radius 3 is 2.94 bits per heavy atom. The molecule has 98 valence electrons. The molecule has 1 aromatic rings. The van der Waals surface area contributed by atoms with Crippen molar-refractivity contribution < 1.29 is 4.79 Å². The van der Waals surface area contributed by atoms with Gasteiger partial charge >= 0.3 is 0 Å². The minimum Gasteiger partial charge on any atom is -0.357 e. The first-order chi connectivity index (χ1) is 8.58. The van der Waals surface area contributed by atoms with Gasteiger partial charge in [0.15, 0.2) is 0 Å². The van der Waals surface area contributed by atoms with Crippen molar-refractivity contribution in [3.05, 3.63) is 11.8 Å². The number of amides is 1. The Morgan fingerprint density at radius 1 is 1.50 bits per heavy atom. The number of carbonyl (C=O) groups is 1. The van der Waals surface area contributed by atoms with Crippen molar-refractivity contribution in [2.75, 3.05) is 30.4 Å². The molecule has 0 aliphatic carbocycles. The molecule has 1 aliphatic heterocycles. The average Bonchev–Trinajstić information content (AvgIpc) is 2.75. The van der Waals surface area contributed by atoms with E-state index in [9.17, 15) is 4.79 Å². The Kier molecular flexibility index (Phi) is 3.64. The maximum atomic E-state index is 11.0. The van der Waals surface area contributed by atoms with Crippen molar-refractivity contribution in [3.63, 3.8) is 0 Å². The third kappa shape index (κ3) is 2.88. The lowest BCUT2D eigenvalue weighted by Gasteiger charge is -2.18. The van der Waals surface area contributed by atoms with Crippen LogP contribution in [0.5, 0.6) is 0 Å². The van der Waals surface area contributed by atoms with E-state index in [4.69, 9.17) is 0 Å². The van der Waals surface area contributed by atoms with Crippen molar-refractivity contribution in [3.8, 4) is 0 Å². The van der Waals surface area contributed by atoms with Crippen molar-refractivity contribution in [1.29, 1.82) is 0 Å². The number of hydrogen-bond acceptors (Lipinski definition) is 5. The van der Waals surface area contributed by atoms with Gasteiger partial charge in [0.25, 0.3) is 0 Å². The first-order valence-electron chi connectivity index (χ1n) is 6.14. The molecule has 1 saturated heterocycles. The molecule has 1 aromatic heterocycles. The zero-order valence-corrected chi connectivity index (χ0v) is 11.0. The van der Waals surface area contributed by atoms with Crippen LogP contribution < -0.4 is 15.5 Å². The molecule has 0 saturated carbocycles. The molecule has 6 heteroatoms. The van der Waals surface area contributed by atoms with Gasteiger partial charge in [-0.05, 0) is 13.3 Å². The van der Waals surface area contributed by atoms with Crippen molar-refractivity contribution in [2.24, 2.45) is 0 Å². The van der Waals surface area contributed by atoms with Crippen LogP contribution in [-0.2, 0) is 4.79 Å². The quantitative estimate of drug-likeness (QED) is 0.818. The predicted octanol–water partition coefficient (Wildman–Crippen LogP) is 0.542. The lowest BCUT2D eigenvalue weighted by Crippen LogP contribution is -2.35. The fraction of sp³-hybridized carbons (Fsp3) is 0.583. The van der Waals surface area contributed by atoms with Crippen LogP contribution in [0.2, 0.25) is 0 Å². The van der Waals surface area contributed by atoms with E-state index in [-0.39, 0.29) is 11.9 Å². The van der Waals surface area contributed by atoms with Crippen LogP contribution >= 0.6 is 0 Å². The molecule has 1 unspecified atom stereocenters. The fourth-order valence-corrected chi connectivity index (χ4v) is 2.20. The second kappa shape index (κ2) is 5.20. The van der Waals surface area contributed by atoms with E-state index < -0.39 is 0 Å². The molecule has 1 fully saturated rings. The van der Waals surface area contributed by atoms with E-state index in [1.165, 1.54) is 0 Å². The monoisotopic (exact) mass is 249 g/mol. The number of carbonyl (C=O) groups excluding carboxylic acids is 1. The van der Waals surface area contributed by atoms with E-state index in [0.717, 1.165) is 31.0 Å². The molecule has 2 N–H and O–H groups in total. The number of aryl methyl sites for hydroxylation is 1. The van der Waals surface area contributed by atoms with Gasteiger partial charge in [-0.25, -0.2) is 4.98 Å². The average molecular weight is 249 g/mol. The highest BCUT2D eigenvalue weighted by Crippen LogP contribution is 2.20. The third-order valence-corrected chi connectivity index (χ3v) is 2.98. The number of rotatable bonds is 3. The van der Waals surface area contributed by atoms with Gasteiger partial charge in [-0.3, -0.25) is 4.79 Å². The van der Waals surface area contributed by atoms with Crippen LogP contribution in [0.15, 0.2) is 6.07 Å². The molecule has 1 atom stereocenters. The second-order valence-corrected chi connectivity index (χ2v) is 4.57. The summed E-state index contributed by atoms with van der Waals surface area (Å²) in [5.41, 5.74) is 0.937. The van der Waals surface area contributed by atoms with Crippen molar-refractivity contribution >= 4 is 17.7 Å². The van der Waals surface area contributed by atoms with Gasteiger partial charge in [-0.2, -0.15) is 4.98 Å². The Hall–Kier alpha value is -1.85. The second-order valence-electron chi connectivity index (χ2n) is 4.57. The van der Waals surface area contributed by atoms with Gasteiger partial charge in [0.1, 0.15) is 5.82 Å². The molecule has 1 amide bonds. The van der Waals surface area contributed by atoms with E-state index in [2.05, 4.69) is 25.5 Å². The van der Waals surface area contributed by atoms with Crippen LogP contribution in [0.4, 0.5) is 11.8 Å². The number of aromatic nitrogens is 2. The zero-order valence-electron chi connectivity index (χ0n) is 11.0. The molecule has 2 heterocycles. The Balaban J connectivity index is 2.09. The largest absolute Gasteiger partial charge is 0.357 e. The van der Waals surface area contributed by atoms with E-state index in [1.807, 2.05) is 20.0 Å². The summed E-state index contributed by atoms with van der Waals surface area (Å²) in [5, 5.41) is 5.90. The molecular formula is C12H19N5O. The van der Waals surface area contributed by atoms with E-state index in [0.29, 0.717) is 5.95 Å². The van der Waals surface area contributed by atoms with Crippen molar-refractivity contribution in [1.82, 2.24) is 15.3 Å². The van der Waals surface area contributed by atoms with Gasteiger partial charge in [0, 0.05) is 44.9 Å². The molecule has 0 spiro atoms.